The van der Waals surface area contributed by atoms with Gasteiger partial charge in [0.2, 0.25) is 11.8 Å². The van der Waals surface area contributed by atoms with Crippen molar-refractivity contribution in [2.45, 2.75) is 78.9 Å². The first-order valence-corrected chi connectivity index (χ1v) is 11.8. The molecule has 0 aromatic rings. The van der Waals surface area contributed by atoms with Gasteiger partial charge in [-0.1, -0.05) is 34.6 Å². The van der Waals surface area contributed by atoms with Crippen LogP contribution >= 0.6 is 0 Å². The summed E-state index contributed by atoms with van der Waals surface area (Å²) in [6, 6.07) is -0.497. The van der Waals surface area contributed by atoms with Crippen LogP contribution in [-0.4, -0.2) is 67.9 Å². The van der Waals surface area contributed by atoms with E-state index in [0.29, 0.717) is 12.5 Å². The lowest BCUT2D eigenvalue weighted by Gasteiger charge is -2.45. The van der Waals surface area contributed by atoms with Gasteiger partial charge in [0.05, 0.1) is 24.9 Å². The zero-order valence-electron chi connectivity index (χ0n) is 20.4. The monoisotopic (exact) mass is 455 g/mol. The molecule has 0 bridgehead atoms. The zero-order valence-corrected chi connectivity index (χ0v) is 20.4. The van der Waals surface area contributed by atoms with Crippen LogP contribution in [-0.2, 0) is 28.6 Å². The van der Waals surface area contributed by atoms with Crippen LogP contribution in [0.1, 0.15) is 48.5 Å². The van der Waals surface area contributed by atoms with Gasteiger partial charge in [-0.05, 0) is 36.5 Å². The number of carbonyl (C=O) groups excluding carboxylic acids is 3. The van der Waals surface area contributed by atoms with Crippen molar-refractivity contribution in [2.24, 2.45) is 35.3 Å². The molecule has 0 saturated carbocycles. The van der Waals surface area contributed by atoms with Crippen molar-refractivity contribution in [3.63, 3.8) is 0 Å². The summed E-state index contributed by atoms with van der Waals surface area (Å²) < 4.78 is 17.3. The van der Waals surface area contributed by atoms with Crippen LogP contribution < -0.4 is 16.4 Å². The number of ether oxygens (including phenoxy) is 3. The fourth-order valence-corrected chi connectivity index (χ4v) is 4.84. The molecule has 9 nitrogen and oxygen atoms in total. The largest absolute Gasteiger partial charge is 0.464 e. The fourth-order valence-electron chi connectivity index (χ4n) is 4.84. The predicted molar refractivity (Wildman–Crippen MR) is 119 cm³/mol. The highest BCUT2D eigenvalue weighted by Crippen LogP contribution is 2.35. The van der Waals surface area contributed by atoms with Gasteiger partial charge in [-0.2, -0.15) is 0 Å². The van der Waals surface area contributed by atoms with Crippen molar-refractivity contribution in [1.29, 1.82) is 0 Å². The Morgan fingerprint density at radius 3 is 2.03 bits per heavy atom. The molecule has 2 unspecified atom stereocenters. The maximum absolute atomic E-state index is 13.0. The maximum Gasteiger partial charge on any atom is 0.337 e. The first-order valence-electron chi connectivity index (χ1n) is 11.8. The average molecular weight is 456 g/mol. The number of carbonyl (C=O) groups is 3. The van der Waals surface area contributed by atoms with Crippen molar-refractivity contribution >= 4 is 17.8 Å². The molecule has 2 aliphatic rings. The molecule has 32 heavy (non-hydrogen) atoms. The predicted octanol–water partition coefficient (Wildman–Crippen LogP) is 0.844. The van der Waals surface area contributed by atoms with Gasteiger partial charge in [0.1, 0.15) is 6.10 Å². The lowest BCUT2D eigenvalue weighted by molar-refractivity contribution is -0.180. The topological polar surface area (TPSA) is 129 Å². The van der Waals surface area contributed by atoms with Gasteiger partial charge in [-0.15, -0.1) is 0 Å². The number of esters is 1. The minimum absolute atomic E-state index is 0.0155. The number of nitrogens with one attached hydrogen (secondary N) is 2. The molecule has 0 radical (unpaired) electrons. The third kappa shape index (κ3) is 5.80. The smallest absolute Gasteiger partial charge is 0.337 e. The summed E-state index contributed by atoms with van der Waals surface area (Å²) in [6.45, 7) is 14.2. The first-order chi connectivity index (χ1) is 15.0. The Morgan fingerprint density at radius 1 is 0.875 bits per heavy atom. The van der Waals surface area contributed by atoms with Gasteiger partial charge in [0.25, 0.3) is 0 Å². The van der Waals surface area contributed by atoms with Gasteiger partial charge in [-0.3, -0.25) is 9.59 Å². The molecule has 2 heterocycles. The highest BCUT2D eigenvalue weighted by atomic mass is 16.6. The number of amides is 2. The Bertz CT molecular complexity index is 672. The SMILES string of the molecule is CCOC(=O)C1O[C@H](CNC(=O)[C@@H]2O[C@H](CN)[C@@H](C)[C@H](C)[C@H]2C)[C@@H](C)[C@H](C)C1NC(C)=O. The molecule has 4 N–H and O–H groups in total. The van der Waals surface area contributed by atoms with Crippen molar-refractivity contribution in [1.82, 2.24) is 10.6 Å². The van der Waals surface area contributed by atoms with Crippen LogP contribution in [0.3, 0.4) is 0 Å². The summed E-state index contributed by atoms with van der Waals surface area (Å²) in [6.07, 6.45) is -2.08. The Labute approximate surface area is 191 Å². The van der Waals surface area contributed by atoms with Crippen LogP contribution in [0.4, 0.5) is 0 Å². The van der Waals surface area contributed by atoms with Gasteiger partial charge >= 0.3 is 5.97 Å². The Hall–Kier alpha value is -1.71. The molecule has 10 atom stereocenters. The van der Waals surface area contributed by atoms with Crippen LogP contribution in [0.5, 0.6) is 0 Å². The fraction of sp³-hybridized carbons (Fsp3) is 0.870. The molecule has 2 aliphatic heterocycles. The lowest BCUT2D eigenvalue weighted by Crippen LogP contribution is -2.61. The second-order valence-electron chi connectivity index (χ2n) is 9.45. The Balaban J connectivity index is 2.08. The molecule has 184 valence electrons. The second-order valence-corrected chi connectivity index (χ2v) is 9.45. The van der Waals surface area contributed by atoms with Gasteiger partial charge in [-0.25, -0.2) is 4.79 Å². The average Bonchev–Trinajstić information content (AvgIpc) is 2.74. The van der Waals surface area contributed by atoms with Gasteiger partial charge < -0.3 is 30.6 Å². The number of hydrogen-bond donors (Lipinski definition) is 3. The molecule has 9 heteroatoms. The molecular weight excluding hydrogens is 414 g/mol. The Morgan fingerprint density at radius 2 is 1.47 bits per heavy atom. The van der Waals surface area contributed by atoms with E-state index < -0.39 is 30.3 Å². The minimum atomic E-state index is -0.931. The molecule has 2 rings (SSSR count). The molecule has 2 saturated heterocycles. The number of hydrogen-bond acceptors (Lipinski definition) is 7. The normalized spacial score (nSPS) is 39.8. The summed E-state index contributed by atoms with van der Waals surface area (Å²) in [4.78, 5) is 37.2. The van der Waals surface area contributed by atoms with Crippen LogP contribution in [0.15, 0.2) is 0 Å². The molecule has 0 spiro atoms. The molecule has 2 fully saturated rings. The van der Waals surface area contributed by atoms with E-state index in [-0.39, 0.29) is 54.7 Å². The third-order valence-electron chi connectivity index (χ3n) is 7.53. The minimum Gasteiger partial charge on any atom is -0.464 e. The molecule has 2 amide bonds. The van der Waals surface area contributed by atoms with Crippen LogP contribution in [0.2, 0.25) is 0 Å². The molecule has 0 aromatic carbocycles. The number of nitrogens with two attached hydrogens (primary N) is 1. The molecule has 0 aromatic heterocycles. The zero-order chi connectivity index (χ0) is 24.2. The lowest BCUT2D eigenvalue weighted by atomic mass is 9.76. The van der Waals surface area contributed by atoms with Crippen LogP contribution in [0, 0.1) is 29.6 Å². The van der Waals surface area contributed by atoms with Crippen molar-refractivity contribution in [2.75, 3.05) is 19.7 Å². The van der Waals surface area contributed by atoms with E-state index in [1.54, 1.807) is 6.92 Å². The number of rotatable bonds is 7. The first kappa shape index (κ1) is 26.5. The highest BCUT2D eigenvalue weighted by Gasteiger charge is 2.46. The highest BCUT2D eigenvalue weighted by molar-refractivity contribution is 5.81. The second kappa shape index (κ2) is 11.4. The van der Waals surface area contributed by atoms with E-state index in [9.17, 15) is 14.4 Å². The van der Waals surface area contributed by atoms with E-state index in [1.807, 2.05) is 20.8 Å². The van der Waals surface area contributed by atoms with E-state index in [4.69, 9.17) is 19.9 Å². The van der Waals surface area contributed by atoms with Gasteiger partial charge in [0, 0.05) is 20.0 Å². The molecule has 0 aliphatic carbocycles. The summed E-state index contributed by atoms with van der Waals surface area (Å²) in [7, 11) is 0. The van der Waals surface area contributed by atoms with E-state index in [2.05, 4.69) is 24.5 Å². The third-order valence-corrected chi connectivity index (χ3v) is 7.53. The van der Waals surface area contributed by atoms with E-state index in [1.165, 1.54) is 6.92 Å². The standard InChI is InChI=1S/C23H41N3O6/c1-8-30-23(29)21-19(26-16(7)27)14(5)13(4)18(32-21)10-25-22(28)20-15(6)11(2)12(3)17(9-24)31-20/h11-15,17-21H,8-10,24H2,1-7H3,(H,25,28)(H,26,27)/t11-,12-,13-,14-,15+,17+,18+,19?,20+,21?/m0/s1. The summed E-state index contributed by atoms with van der Waals surface area (Å²) in [5, 5.41) is 5.79. The van der Waals surface area contributed by atoms with E-state index >= 15 is 0 Å². The summed E-state index contributed by atoms with van der Waals surface area (Å²) in [5.74, 6) is -0.404. The summed E-state index contributed by atoms with van der Waals surface area (Å²) >= 11 is 0. The Kier molecular flexibility index (Phi) is 9.48. The molecular formula is C23H41N3O6. The maximum atomic E-state index is 13.0. The van der Waals surface area contributed by atoms with Crippen molar-refractivity contribution in [3.05, 3.63) is 0 Å². The van der Waals surface area contributed by atoms with Crippen LogP contribution in [0.25, 0.3) is 0 Å². The van der Waals surface area contributed by atoms with Crippen molar-refractivity contribution < 1.29 is 28.6 Å². The van der Waals surface area contributed by atoms with Gasteiger partial charge in [0.15, 0.2) is 6.10 Å². The summed E-state index contributed by atoms with van der Waals surface area (Å²) in [5.41, 5.74) is 5.85. The van der Waals surface area contributed by atoms with Crippen molar-refractivity contribution in [3.8, 4) is 0 Å². The van der Waals surface area contributed by atoms with E-state index in [0.717, 1.165) is 0 Å². The quantitative estimate of drug-likeness (QED) is 0.485.